The van der Waals surface area contributed by atoms with Crippen molar-refractivity contribution in [2.45, 2.75) is 6.18 Å². The number of carbonyl (C=O) groups excluding carboxylic acids is 3. The number of rotatable bonds is 8. The Morgan fingerprint density at radius 1 is 1.03 bits per heavy atom. The second-order valence-electron chi connectivity index (χ2n) is 6.74. The predicted molar refractivity (Wildman–Crippen MR) is 115 cm³/mol. The van der Waals surface area contributed by atoms with E-state index in [4.69, 9.17) is 21.1 Å². The predicted octanol–water partition coefficient (Wildman–Crippen LogP) is 3.20. The summed E-state index contributed by atoms with van der Waals surface area (Å²) in [5, 5.41) is 4.20. The number of amides is 3. The molecule has 0 spiro atoms. The number of anilines is 1. The van der Waals surface area contributed by atoms with Crippen molar-refractivity contribution >= 4 is 35.0 Å². The van der Waals surface area contributed by atoms with Crippen molar-refractivity contribution in [3.63, 3.8) is 0 Å². The van der Waals surface area contributed by atoms with E-state index in [2.05, 4.69) is 10.6 Å². The average molecular weight is 488 g/mol. The molecule has 0 heterocycles. The Bertz CT molecular complexity index is 1050. The smallest absolute Gasteiger partial charge is 0.417 e. The van der Waals surface area contributed by atoms with Crippen molar-refractivity contribution in [1.82, 2.24) is 10.2 Å². The molecule has 0 atom stereocenters. The first-order valence-corrected chi connectivity index (χ1v) is 9.74. The largest absolute Gasteiger partial charge is 0.493 e. The molecule has 0 aliphatic carbocycles. The second-order valence-corrected chi connectivity index (χ2v) is 7.15. The molecule has 178 valence electrons. The van der Waals surface area contributed by atoms with Crippen LogP contribution in [0.1, 0.15) is 15.9 Å². The Morgan fingerprint density at radius 3 is 2.30 bits per heavy atom. The summed E-state index contributed by atoms with van der Waals surface area (Å²) in [6.07, 6.45) is -4.68. The van der Waals surface area contributed by atoms with Crippen molar-refractivity contribution in [3.8, 4) is 11.5 Å². The minimum Gasteiger partial charge on any atom is -0.493 e. The molecule has 33 heavy (non-hydrogen) atoms. The Balaban J connectivity index is 1.91. The van der Waals surface area contributed by atoms with Crippen LogP contribution in [0.5, 0.6) is 11.5 Å². The molecule has 0 radical (unpaired) electrons. The summed E-state index contributed by atoms with van der Waals surface area (Å²) in [5.41, 5.74) is -0.993. The molecule has 3 amide bonds. The first-order chi connectivity index (χ1) is 15.5. The van der Waals surface area contributed by atoms with E-state index in [-0.39, 0.29) is 11.3 Å². The number of likely N-dealkylation sites (N-methyl/N-ethyl adjacent to an activating group) is 1. The molecule has 8 nitrogen and oxygen atoms in total. The van der Waals surface area contributed by atoms with Crippen molar-refractivity contribution in [3.05, 3.63) is 52.5 Å². The number of ether oxygens (including phenoxy) is 2. The summed E-state index contributed by atoms with van der Waals surface area (Å²) in [4.78, 5) is 37.7. The summed E-state index contributed by atoms with van der Waals surface area (Å²) in [6, 6.07) is 7.38. The lowest BCUT2D eigenvalue weighted by Crippen LogP contribution is -2.41. The van der Waals surface area contributed by atoms with Crippen LogP contribution < -0.4 is 20.1 Å². The van der Waals surface area contributed by atoms with Crippen molar-refractivity contribution in [2.75, 3.05) is 39.7 Å². The molecule has 0 unspecified atom stereocenters. The lowest BCUT2D eigenvalue weighted by molar-refractivity contribution is -0.137. The van der Waals surface area contributed by atoms with Gasteiger partial charge in [0.05, 0.1) is 37.9 Å². The van der Waals surface area contributed by atoms with Gasteiger partial charge in [0, 0.05) is 18.3 Å². The molecule has 0 bridgehead atoms. The van der Waals surface area contributed by atoms with Crippen molar-refractivity contribution < 1.29 is 37.0 Å². The van der Waals surface area contributed by atoms with E-state index in [1.807, 2.05) is 0 Å². The maximum absolute atomic E-state index is 12.9. The molecule has 0 aliphatic heterocycles. The number of hydrogen-bond donors (Lipinski definition) is 2. The van der Waals surface area contributed by atoms with E-state index in [1.54, 1.807) is 0 Å². The number of alkyl halides is 3. The zero-order valence-electron chi connectivity index (χ0n) is 17.9. The highest BCUT2D eigenvalue weighted by atomic mass is 35.5. The number of halogens is 4. The SMILES string of the molecule is COc1ccc(C(=O)NCC(=O)N(C)CC(=O)Nc2ccc(Cl)c(C(F)(F)F)c2)cc1OC. The minimum atomic E-state index is -4.68. The molecule has 2 N–H and O–H groups in total. The number of nitrogens with zero attached hydrogens (tertiary/aromatic N) is 1. The van der Waals surface area contributed by atoms with Crippen LogP contribution in [0.25, 0.3) is 0 Å². The van der Waals surface area contributed by atoms with E-state index in [9.17, 15) is 27.6 Å². The normalized spacial score (nSPS) is 10.9. The van der Waals surface area contributed by atoms with E-state index < -0.39 is 47.6 Å². The first kappa shape index (κ1) is 25.8. The van der Waals surface area contributed by atoms with Gasteiger partial charge in [-0.3, -0.25) is 14.4 Å². The molecule has 0 aromatic heterocycles. The van der Waals surface area contributed by atoms with Crippen LogP contribution in [-0.4, -0.2) is 57.0 Å². The average Bonchev–Trinajstić information content (AvgIpc) is 2.76. The third-order valence-electron chi connectivity index (χ3n) is 4.41. The zero-order valence-corrected chi connectivity index (χ0v) is 18.6. The van der Waals surface area contributed by atoms with Gasteiger partial charge in [-0.2, -0.15) is 13.2 Å². The van der Waals surface area contributed by atoms with Gasteiger partial charge in [0.15, 0.2) is 11.5 Å². The maximum atomic E-state index is 12.9. The summed E-state index contributed by atoms with van der Waals surface area (Å²) in [6.45, 7) is -0.856. The topological polar surface area (TPSA) is 97.0 Å². The van der Waals surface area contributed by atoms with E-state index >= 15 is 0 Å². The maximum Gasteiger partial charge on any atom is 0.417 e. The lowest BCUT2D eigenvalue weighted by atomic mass is 10.2. The monoisotopic (exact) mass is 487 g/mol. The van der Waals surface area contributed by atoms with E-state index in [1.165, 1.54) is 45.5 Å². The molecule has 0 aliphatic rings. The third kappa shape index (κ3) is 7.01. The van der Waals surface area contributed by atoms with E-state index in [0.717, 1.165) is 11.0 Å². The van der Waals surface area contributed by atoms with Gasteiger partial charge in [-0.25, -0.2) is 0 Å². The Kier molecular flexibility index (Phi) is 8.52. The van der Waals surface area contributed by atoms with Crippen LogP contribution in [-0.2, 0) is 15.8 Å². The van der Waals surface area contributed by atoms with Crippen LogP contribution >= 0.6 is 11.6 Å². The quantitative estimate of drug-likeness (QED) is 0.596. The molecule has 2 rings (SSSR count). The third-order valence-corrected chi connectivity index (χ3v) is 4.74. The standard InChI is InChI=1S/C21H21ClF3N3O5/c1-28(11-18(29)27-13-5-6-15(22)14(9-13)21(23,24)25)19(30)10-26-20(31)12-4-7-16(32-2)17(8-12)33-3/h4-9H,10-11H2,1-3H3,(H,26,31)(H,27,29). The van der Waals surface area contributed by atoms with Crippen LogP contribution in [0, 0.1) is 0 Å². The lowest BCUT2D eigenvalue weighted by Gasteiger charge is -2.18. The summed E-state index contributed by atoms with van der Waals surface area (Å²) < 4.78 is 49.0. The second kappa shape index (κ2) is 10.9. The molecule has 0 fully saturated rings. The van der Waals surface area contributed by atoms with Gasteiger partial charge in [0.1, 0.15) is 0 Å². The summed E-state index contributed by atoms with van der Waals surface area (Å²) in [7, 11) is 4.18. The van der Waals surface area contributed by atoms with E-state index in [0.29, 0.717) is 17.6 Å². The van der Waals surface area contributed by atoms with Crippen LogP contribution in [0.15, 0.2) is 36.4 Å². The highest BCUT2D eigenvalue weighted by Gasteiger charge is 2.33. The summed E-state index contributed by atoms with van der Waals surface area (Å²) >= 11 is 5.55. The number of methoxy groups -OCH3 is 2. The Hall–Kier alpha value is -3.47. The summed E-state index contributed by atoms with van der Waals surface area (Å²) in [5.74, 6) is -1.11. The fraction of sp³-hybridized carbons (Fsp3) is 0.286. The Morgan fingerprint density at radius 2 is 1.70 bits per heavy atom. The van der Waals surface area contributed by atoms with Gasteiger partial charge in [-0.15, -0.1) is 0 Å². The number of benzene rings is 2. The fourth-order valence-corrected chi connectivity index (χ4v) is 2.92. The fourth-order valence-electron chi connectivity index (χ4n) is 2.69. The molecular formula is C21H21ClF3N3O5. The van der Waals surface area contributed by atoms with Gasteiger partial charge in [0.2, 0.25) is 11.8 Å². The van der Waals surface area contributed by atoms with Crippen molar-refractivity contribution in [2.24, 2.45) is 0 Å². The van der Waals surface area contributed by atoms with Crippen LogP contribution in [0.4, 0.5) is 18.9 Å². The minimum absolute atomic E-state index is 0.126. The van der Waals surface area contributed by atoms with Gasteiger partial charge >= 0.3 is 6.18 Å². The molecule has 2 aromatic rings. The first-order valence-electron chi connectivity index (χ1n) is 9.37. The molecule has 12 heteroatoms. The number of hydrogen-bond acceptors (Lipinski definition) is 5. The highest BCUT2D eigenvalue weighted by molar-refractivity contribution is 6.31. The van der Waals surface area contributed by atoms with Crippen LogP contribution in [0.3, 0.4) is 0 Å². The highest BCUT2D eigenvalue weighted by Crippen LogP contribution is 2.36. The van der Waals surface area contributed by atoms with Gasteiger partial charge in [0.25, 0.3) is 5.91 Å². The molecule has 0 saturated heterocycles. The van der Waals surface area contributed by atoms with Crippen molar-refractivity contribution in [1.29, 1.82) is 0 Å². The van der Waals surface area contributed by atoms with Gasteiger partial charge in [-0.1, -0.05) is 11.6 Å². The number of carbonyl (C=O) groups is 3. The molecule has 2 aromatic carbocycles. The van der Waals surface area contributed by atoms with Crippen LogP contribution in [0.2, 0.25) is 5.02 Å². The van der Waals surface area contributed by atoms with Gasteiger partial charge < -0.3 is 25.0 Å². The van der Waals surface area contributed by atoms with Gasteiger partial charge in [-0.05, 0) is 36.4 Å². The molecular weight excluding hydrogens is 467 g/mol. The molecule has 0 saturated carbocycles. The number of nitrogens with one attached hydrogen (secondary N) is 2. The Labute approximate surface area is 192 Å². The zero-order chi connectivity index (χ0) is 24.8.